The molecule has 0 amide bonds. The highest BCUT2D eigenvalue weighted by Crippen LogP contribution is 2.23. The van der Waals surface area contributed by atoms with Crippen molar-refractivity contribution in [3.8, 4) is 6.07 Å². The summed E-state index contributed by atoms with van der Waals surface area (Å²) in [6.07, 6.45) is 0. The van der Waals surface area contributed by atoms with Crippen LogP contribution in [0, 0.1) is 17.1 Å². The van der Waals surface area contributed by atoms with Crippen LogP contribution >= 0.6 is 11.8 Å². The summed E-state index contributed by atoms with van der Waals surface area (Å²) in [5.74, 6) is 0.142. The van der Waals surface area contributed by atoms with Crippen molar-refractivity contribution >= 4 is 11.8 Å². The van der Waals surface area contributed by atoms with Gasteiger partial charge in [-0.25, -0.2) is 4.39 Å². The van der Waals surface area contributed by atoms with Crippen molar-refractivity contribution < 1.29 is 8.81 Å². The minimum absolute atomic E-state index is 0.0290. The van der Waals surface area contributed by atoms with Crippen LogP contribution in [-0.4, -0.2) is 10.2 Å². The highest BCUT2D eigenvalue weighted by Gasteiger charge is 2.10. The zero-order valence-electron chi connectivity index (χ0n) is 9.26. The summed E-state index contributed by atoms with van der Waals surface area (Å²) in [6, 6.07) is 6.48. The molecule has 0 fully saturated rings. The van der Waals surface area contributed by atoms with Gasteiger partial charge in [-0.15, -0.1) is 10.2 Å². The predicted octanol–water partition coefficient (Wildman–Crippen LogP) is 1.83. The number of hydrogen-bond acceptors (Lipinski definition) is 6. The van der Waals surface area contributed by atoms with Crippen LogP contribution in [0.15, 0.2) is 27.8 Å². The number of benzene rings is 1. The van der Waals surface area contributed by atoms with Gasteiger partial charge in [0.1, 0.15) is 11.9 Å². The molecule has 0 radical (unpaired) electrons. The van der Waals surface area contributed by atoms with E-state index in [1.165, 1.54) is 17.8 Å². The summed E-state index contributed by atoms with van der Waals surface area (Å²) in [5.41, 5.74) is 5.78. The van der Waals surface area contributed by atoms with Gasteiger partial charge in [-0.2, -0.15) is 5.26 Å². The largest absolute Gasteiger partial charge is 0.415 e. The summed E-state index contributed by atoms with van der Waals surface area (Å²) >= 11 is 1.20. The summed E-state index contributed by atoms with van der Waals surface area (Å²) in [7, 11) is 0. The van der Waals surface area contributed by atoms with Gasteiger partial charge in [0.2, 0.25) is 5.89 Å². The summed E-state index contributed by atoms with van der Waals surface area (Å²) < 4.78 is 18.9. The minimum Gasteiger partial charge on any atom is -0.415 e. The van der Waals surface area contributed by atoms with Crippen molar-refractivity contribution in [1.82, 2.24) is 10.2 Å². The Morgan fingerprint density at radius 2 is 2.28 bits per heavy atom. The third-order valence-corrected chi connectivity index (χ3v) is 3.04. The molecule has 0 spiro atoms. The molecular formula is C11H9FN4OS. The fraction of sp³-hybridized carbons (Fsp3) is 0.182. The van der Waals surface area contributed by atoms with Crippen LogP contribution in [0.3, 0.4) is 0 Å². The number of halogens is 1. The molecule has 7 heteroatoms. The maximum atomic E-state index is 13.7. The van der Waals surface area contributed by atoms with Gasteiger partial charge in [-0.3, -0.25) is 0 Å². The first-order chi connectivity index (χ1) is 8.74. The van der Waals surface area contributed by atoms with Gasteiger partial charge in [-0.1, -0.05) is 23.9 Å². The zero-order chi connectivity index (χ0) is 13.0. The van der Waals surface area contributed by atoms with E-state index in [4.69, 9.17) is 15.4 Å². The molecule has 0 bridgehead atoms. The van der Waals surface area contributed by atoms with Gasteiger partial charge in [0.25, 0.3) is 5.22 Å². The van der Waals surface area contributed by atoms with Gasteiger partial charge in [-0.05, 0) is 11.6 Å². The predicted molar refractivity (Wildman–Crippen MR) is 62.9 cm³/mol. The minimum atomic E-state index is -0.508. The first kappa shape index (κ1) is 12.5. The van der Waals surface area contributed by atoms with Crippen molar-refractivity contribution in [1.29, 1.82) is 5.26 Å². The number of aromatic nitrogens is 2. The van der Waals surface area contributed by atoms with E-state index in [0.717, 1.165) is 0 Å². The van der Waals surface area contributed by atoms with Crippen LogP contribution in [0.2, 0.25) is 0 Å². The van der Waals surface area contributed by atoms with Crippen LogP contribution in [0.4, 0.5) is 4.39 Å². The average Bonchev–Trinajstić information content (AvgIpc) is 2.85. The van der Waals surface area contributed by atoms with Crippen molar-refractivity contribution in [2.75, 3.05) is 0 Å². The normalized spacial score (nSPS) is 10.3. The monoisotopic (exact) mass is 264 g/mol. The Balaban J connectivity index is 2.09. The lowest BCUT2D eigenvalue weighted by Gasteiger charge is -2.01. The molecule has 2 rings (SSSR count). The summed E-state index contributed by atoms with van der Waals surface area (Å²) in [6.45, 7) is 0.172. The Hall–Kier alpha value is -1.91. The summed E-state index contributed by atoms with van der Waals surface area (Å²) in [5, 5.41) is 16.5. The molecule has 0 aliphatic heterocycles. The van der Waals surface area contributed by atoms with E-state index in [9.17, 15) is 4.39 Å². The number of nitrogens with zero attached hydrogens (tertiary/aromatic N) is 3. The molecule has 0 saturated heterocycles. The Labute approximate surface area is 107 Å². The molecule has 92 valence electrons. The smallest absolute Gasteiger partial charge is 0.276 e. The number of nitrogens with two attached hydrogens (primary N) is 1. The van der Waals surface area contributed by atoms with E-state index in [2.05, 4.69) is 10.2 Å². The molecule has 2 aromatic rings. The SMILES string of the molecule is N#Cc1cccc(CSc2nnc(CN)o2)c1F. The average molecular weight is 264 g/mol. The second-order valence-corrected chi connectivity index (χ2v) is 4.27. The molecule has 18 heavy (non-hydrogen) atoms. The van der Waals surface area contributed by atoms with E-state index in [-0.39, 0.29) is 12.1 Å². The van der Waals surface area contributed by atoms with E-state index in [0.29, 0.717) is 22.4 Å². The molecule has 0 aliphatic rings. The maximum absolute atomic E-state index is 13.7. The standard InChI is InChI=1S/C11H9FN4OS/c12-10-7(4-13)2-1-3-8(10)6-18-11-16-15-9(5-14)17-11/h1-3H,5-6,14H2. The Morgan fingerprint density at radius 3 is 2.94 bits per heavy atom. The molecule has 0 atom stereocenters. The lowest BCUT2D eigenvalue weighted by atomic mass is 10.1. The number of nitriles is 1. The molecule has 5 nitrogen and oxygen atoms in total. The second kappa shape index (κ2) is 5.62. The van der Waals surface area contributed by atoms with E-state index in [1.807, 2.05) is 0 Å². The number of hydrogen-bond donors (Lipinski definition) is 1. The van der Waals surface area contributed by atoms with Gasteiger partial charge in [0, 0.05) is 5.75 Å². The molecule has 0 saturated carbocycles. The van der Waals surface area contributed by atoms with Crippen molar-refractivity contribution in [3.05, 3.63) is 41.0 Å². The van der Waals surface area contributed by atoms with Gasteiger partial charge in [0.15, 0.2) is 0 Å². The lowest BCUT2D eigenvalue weighted by molar-refractivity contribution is 0.414. The first-order valence-electron chi connectivity index (χ1n) is 5.07. The van der Waals surface area contributed by atoms with E-state index in [1.54, 1.807) is 18.2 Å². The van der Waals surface area contributed by atoms with Crippen molar-refractivity contribution in [2.45, 2.75) is 17.5 Å². The lowest BCUT2D eigenvalue weighted by Crippen LogP contribution is -1.95. The van der Waals surface area contributed by atoms with Crippen molar-refractivity contribution in [2.24, 2.45) is 5.73 Å². The molecule has 1 aromatic carbocycles. The third kappa shape index (κ3) is 2.67. The third-order valence-electron chi connectivity index (χ3n) is 2.17. The van der Waals surface area contributed by atoms with Gasteiger partial charge < -0.3 is 10.2 Å². The number of rotatable bonds is 4. The second-order valence-electron chi connectivity index (χ2n) is 3.34. The fourth-order valence-corrected chi connectivity index (χ4v) is 2.05. The summed E-state index contributed by atoms with van der Waals surface area (Å²) in [4.78, 5) is 0. The zero-order valence-corrected chi connectivity index (χ0v) is 10.1. The first-order valence-corrected chi connectivity index (χ1v) is 6.06. The van der Waals surface area contributed by atoms with E-state index >= 15 is 0 Å². The quantitative estimate of drug-likeness (QED) is 0.847. The molecule has 1 heterocycles. The molecular weight excluding hydrogens is 255 g/mol. The van der Waals surface area contributed by atoms with Crippen molar-refractivity contribution in [3.63, 3.8) is 0 Å². The molecule has 0 unspecified atom stereocenters. The Bertz CT molecular complexity index is 593. The topological polar surface area (TPSA) is 88.7 Å². The van der Waals surface area contributed by atoms with Crippen LogP contribution in [0.25, 0.3) is 0 Å². The van der Waals surface area contributed by atoms with E-state index < -0.39 is 5.82 Å². The van der Waals surface area contributed by atoms with Gasteiger partial charge in [0.05, 0.1) is 12.1 Å². The van der Waals surface area contributed by atoms with Crippen LogP contribution in [0.1, 0.15) is 17.0 Å². The Morgan fingerprint density at radius 1 is 1.44 bits per heavy atom. The Kier molecular flexibility index (Phi) is 3.92. The molecule has 2 N–H and O–H groups in total. The number of thioether (sulfide) groups is 1. The van der Waals surface area contributed by atoms with Crippen LogP contribution < -0.4 is 5.73 Å². The van der Waals surface area contributed by atoms with Gasteiger partial charge >= 0.3 is 0 Å². The highest BCUT2D eigenvalue weighted by molar-refractivity contribution is 7.98. The van der Waals surface area contributed by atoms with Crippen LogP contribution in [0.5, 0.6) is 0 Å². The molecule has 1 aromatic heterocycles. The highest BCUT2D eigenvalue weighted by atomic mass is 32.2. The maximum Gasteiger partial charge on any atom is 0.276 e. The van der Waals surface area contributed by atoms with Crippen LogP contribution in [-0.2, 0) is 12.3 Å². The molecule has 0 aliphatic carbocycles. The fourth-order valence-electron chi connectivity index (χ4n) is 1.30.